The number of ether oxygens (including phenoxy) is 1. The van der Waals surface area contributed by atoms with Crippen LogP contribution in [-0.2, 0) is 4.79 Å². The Morgan fingerprint density at radius 2 is 1.83 bits per heavy atom. The Balaban J connectivity index is 1.90. The number of thioether (sulfide) groups is 1. The Bertz CT molecular complexity index is 850. The lowest BCUT2D eigenvalue weighted by atomic mass is 10.2. The number of nitrogens with zero attached hydrogens (tertiary/aromatic N) is 1. The van der Waals surface area contributed by atoms with Gasteiger partial charge in [0.15, 0.2) is 4.32 Å². The lowest BCUT2D eigenvalue weighted by molar-refractivity contribution is -0.113. The van der Waals surface area contributed by atoms with Crippen molar-refractivity contribution < 1.29 is 9.53 Å². The molecule has 0 bridgehead atoms. The predicted molar refractivity (Wildman–Crippen MR) is 105 cm³/mol. The van der Waals surface area contributed by atoms with Gasteiger partial charge in [-0.3, -0.25) is 9.69 Å². The monoisotopic (exact) mass is 395 g/mol. The van der Waals surface area contributed by atoms with Gasteiger partial charge in [-0.2, -0.15) is 0 Å². The molecule has 0 atom stereocenters. The van der Waals surface area contributed by atoms with Crippen LogP contribution in [0.5, 0.6) is 5.75 Å². The van der Waals surface area contributed by atoms with Gasteiger partial charge in [0.1, 0.15) is 5.75 Å². The number of anilines is 1. The van der Waals surface area contributed by atoms with E-state index in [0.717, 1.165) is 11.3 Å². The van der Waals surface area contributed by atoms with Gasteiger partial charge >= 0.3 is 0 Å². The van der Waals surface area contributed by atoms with Gasteiger partial charge in [0.25, 0.3) is 5.91 Å². The SMILES string of the molecule is COc1ccc(N2C(=O)C(=Cc3ccc(Cl)c(Cl)c3)SC2=S)cc1. The number of carbonyl (C=O) groups is 1. The highest BCUT2D eigenvalue weighted by Crippen LogP contribution is 2.37. The normalized spacial score (nSPS) is 16.1. The summed E-state index contributed by atoms with van der Waals surface area (Å²) >= 11 is 18.5. The molecule has 0 aromatic heterocycles. The molecule has 1 amide bonds. The maximum Gasteiger partial charge on any atom is 0.270 e. The Morgan fingerprint density at radius 1 is 1.12 bits per heavy atom. The molecule has 122 valence electrons. The molecule has 24 heavy (non-hydrogen) atoms. The Kier molecular flexibility index (Phi) is 5.15. The third-order valence-corrected chi connectivity index (χ3v) is 5.41. The zero-order valence-corrected chi connectivity index (χ0v) is 15.6. The third-order valence-electron chi connectivity index (χ3n) is 3.37. The number of hydrogen-bond acceptors (Lipinski definition) is 4. The van der Waals surface area contributed by atoms with Crippen LogP contribution in [0, 0.1) is 0 Å². The second-order valence-corrected chi connectivity index (χ2v) is 7.38. The molecule has 0 spiro atoms. The fraction of sp³-hybridized carbons (Fsp3) is 0.0588. The Morgan fingerprint density at radius 3 is 2.46 bits per heavy atom. The molecule has 0 N–H and O–H groups in total. The van der Waals surface area contributed by atoms with Crippen molar-refractivity contribution in [2.24, 2.45) is 0 Å². The summed E-state index contributed by atoms with van der Waals surface area (Å²) in [5.41, 5.74) is 1.50. The molecular weight excluding hydrogens is 385 g/mol. The van der Waals surface area contributed by atoms with Crippen molar-refractivity contribution in [3.63, 3.8) is 0 Å². The van der Waals surface area contributed by atoms with Crippen LogP contribution in [0.3, 0.4) is 0 Å². The minimum atomic E-state index is -0.166. The first-order chi connectivity index (χ1) is 11.5. The summed E-state index contributed by atoms with van der Waals surface area (Å²) < 4.78 is 5.61. The second-order valence-electron chi connectivity index (χ2n) is 4.89. The maximum absolute atomic E-state index is 12.7. The van der Waals surface area contributed by atoms with Gasteiger partial charge in [-0.25, -0.2) is 0 Å². The Hall–Kier alpha value is -1.53. The highest BCUT2D eigenvalue weighted by atomic mass is 35.5. The summed E-state index contributed by atoms with van der Waals surface area (Å²) in [5.74, 6) is 0.553. The van der Waals surface area contributed by atoms with Crippen LogP contribution in [0.2, 0.25) is 10.0 Å². The van der Waals surface area contributed by atoms with Gasteiger partial charge in [-0.1, -0.05) is 53.2 Å². The van der Waals surface area contributed by atoms with Gasteiger partial charge in [-0.05, 0) is 48.0 Å². The molecule has 1 aliphatic rings. The molecular formula is C17H11Cl2NO2S2. The highest BCUT2D eigenvalue weighted by Gasteiger charge is 2.33. The summed E-state index contributed by atoms with van der Waals surface area (Å²) in [6, 6.07) is 12.4. The van der Waals surface area contributed by atoms with Gasteiger partial charge in [-0.15, -0.1) is 0 Å². The average molecular weight is 396 g/mol. The van der Waals surface area contributed by atoms with E-state index < -0.39 is 0 Å². The fourth-order valence-electron chi connectivity index (χ4n) is 2.18. The number of thiocarbonyl (C=S) groups is 1. The first-order valence-electron chi connectivity index (χ1n) is 6.86. The zero-order valence-electron chi connectivity index (χ0n) is 12.5. The largest absolute Gasteiger partial charge is 0.497 e. The van der Waals surface area contributed by atoms with Crippen molar-refractivity contribution in [1.29, 1.82) is 0 Å². The first-order valence-corrected chi connectivity index (χ1v) is 8.85. The van der Waals surface area contributed by atoms with E-state index in [-0.39, 0.29) is 5.91 Å². The molecule has 2 aromatic carbocycles. The van der Waals surface area contributed by atoms with E-state index >= 15 is 0 Å². The van der Waals surface area contributed by atoms with Crippen LogP contribution in [0.4, 0.5) is 5.69 Å². The van der Waals surface area contributed by atoms with Crippen molar-refractivity contribution in [3.8, 4) is 5.75 Å². The number of amides is 1. The Labute approximate surface area is 159 Å². The quantitative estimate of drug-likeness (QED) is 0.513. The highest BCUT2D eigenvalue weighted by molar-refractivity contribution is 8.27. The van der Waals surface area contributed by atoms with Crippen molar-refractivity contribution in [2.45, 2.75) is 0 Å². The van der Waals surface area contributed by atoms with Gasteiger partial charge < -0.3 is 4.74 Å². The van der Waals surface area contributed by atoms with Gasteiger partial charge in [0.05, 0.1) is 27.7 Å². The number of halogens is 2. The van der Waals surface area contributed by atoms with Crippen molar-refractivity contribution in [2.75, 3.05) is 12.0 Å². The van der Waals surface area contributed by atoms with E-state index in [1.165, 1.54) is 16.7 Å². The molecule has 3 nitrogen and oxygen atoms in total. The number of benzene rings is 2. The molecule has 1 aliphatic heterocycles. The van der Waals surface area contributed by atoms with Crippen molar-refractivity contribution >= 4 is 69.2 Å². The summed E-state index contributed by atoms with van der Waals surface area (Å²) in [5, 5.41) is 0.913. The van der Waals surface area contributed by atoms with Crippen LogP contribution >= 0.6 is 47.2 Å². The fourth-order valence-corrected chi connectivity index (χ4v) is 3.78. The van der Waals surface area contributed by atoms with E-state index in [4.69, 9.17) is 40.2 Å². The summed E-state index contributed by atoms with van der Waals surface area (Å²) in [6.45, 7) is 0. The topological polar surface area (TPSA) is 29.5 Å². The molecule has 0 radical (unpaired) electrons. The van der Waals surface area contributed by atoms with E-state index in [0.29, 0.717) is 25.0 Å². The molecule has 3 rings (SSSR count). The lowest BCUT2D eigenvalue weighted by Gasteiger charge is -2.14. The van der Waals surface area contributed by atoms with Crippen LogP contribution in [0.1, 0.15) is 5.56 Å². The zero-order chi connectivity index (χ0) is 17.3. The van der Waals surface area contributed by atoms with Crippen LogP contribution in [0.25, 0.3) is 6.08 Å². The van der Waals surface area contributed by atoms with Crippen LogP contribution in [-0.4, -0.2) is 17.3 Å². The number of carbonyl (C=O) groups excluding carboxylic acids is 1. The summed E-state index contributed by atoms with van der Waals surface area (Å²) in [6.07, 6.45) is 1.75. The van der Waals surface area contributed by atoms with E-state index in [2.05, 4.69) is 0 Å². The number of hydrogen-bond donors (Lipinski definition) is 0. The van der Waals surface area contributed by atoms with Crippen molar-refractivity contribution in [3.05, 3.63) is 63.0 Å². The summed E-state index contributed by atoms with van der Waals surface area (Å²) in [4.78, 5) is 14.7. The molecule has 1 heterocycles. The molecule has 0 saturated carbocycles. The number of methoxy groups -OCH3 is 1. The third kappa shape index (κ3) is 3.44. The second kappa shape index (κ2) is 7.15. The minimum absolute atomic E-state index is 0.166. The van der Waals surface area contributed by atoms with Crippen molar-refractivity contribution in [1.82, 2.24) is 0 Å². The van der Waals surface area contributed by atoms with Crippen LogP contribution < -0.4 is 9.64 Å². The van der Waals surface area contributed by atoms with E-state index in [1.54, 1.807) is 55.7 Å². The minimum Gasteiger partial charge on any atom is -0.497 e. The van der Waals surface area contributed by atoms with E-state index in [9.17, 15) is 4.79 Å². The molecule has 1 saturated heterocycles. The van der Waals surface area contributed by atoms with Gasteiger partial charge in [0, 0.05) is 0 Å². The molecule has 2 aromatic rings. The molecule has 0 unspecified atom stereocenters. The van der Waals surface area contributed by atoms with Crippen LogP contribution in [0.15, 0.2) is 47.4 Å². The first kappa shape index (κ1) is 17.3. The molecule has 7 heteroatoms. The molecule has 0 aliphatic carbocycles. The number of rotatable bonds is 3. The smallest absolute Gasteiger partial charge is 0.270 e. The summed E-state index contributed by atoms with van der Waals surface area (Å²) in [7, 11) is 1.59. The molecule has 1 fully saturated rings. The maximum atomic E-state index is 12.7. The average Bonchev–Trinajstić information content (AvgIpc) is 2.85. The van der Waals surface area contributed by atoms with Gasteiger partial charge in [0.2, 0.25) is 0 Å². The lowest BCUT2D eigenvalue weighted by Crippen LogP contribution is -2.27. The predicted octanol–water partition coefficient (Wildman–Crippen LogP) is 5.41. The van der Waals surface area contributed by atoms with E-state index in [1.807, 2.05) is 0 Å². The standard InChI is InChI=1S/C17H11Cl2NO2S2/c1-22-12-5-3-11(4-6-12)20-16(21)15(24-17(20)23)9-10-2-7-13(18)14(19)8-10/h2-9H,1H3.